The van der Waals surface area contributed by atoms with Gasteiger partial charge in [-0.25, -0.2) is 0 Å². The van der Waals surface area contributed by atoms with Crippen molar-refractivity contribution in [1.82, 2.24) is 5.32 Å². The van der Waals surface area contributed by atoms with E-state index in [1.54, 1.807) is 0 Å². The van der Waals surface area contributed by atoms with Gasteiger partial charge < -0.3 is 15.5 Å². The molecule has 34 heavy (non-hydrogen) atoms. The lowest BCUT2D eigenvalue weighted by atomic mass is 9.88. The second-order valence-corrected chi connectivity index (χ2v) is 7.32. The summed E-state index contributed by atoms with van der Waals surface area (Å²) in [6, 6.07) is 0. The van der Waals surface area contributed by atoms with Crippen molar-refractivity contribution in [2.45, 2.75) is 59.3 Å². The largest absolute Gasteiger partial charge is 0.394 e. The molecule has 0 spiro atoms. The highest BCUT2D eigenvalue weighted by Crippen LogP contribution is 2.64. The van der Waals surface area contributed by atoms with E-state index in [1.807, 2.05) is 0 Å². The Labute approximate surface area is 181 Å². The summed E-state index contributed by atoms with van der Waals surface area (Å²) in [5, 5.41) is 11.1. The van der Waals surface area contributed by atoms with Crippen molar-refractivity contribution < 1.29 is 85.3 Å². The summed E-state index contributed by atoms with van der Waals surface area (Å²) in [7, 11) is 0. The smallest absolute Gasteiger partial charge is 0.393 e. The molecule has 1 amide bonds. The van der Waals surface area contributed by atoms with Gasteiger partial charge in [0, 0.05) is 0 Å². The van der Waals surface area contributed by atoms with Gasteiger partial charge in [-0.2, -0.15) is 70.2 Å². The van der Waals surface area contributed by atoms with E-state index in [1.165, 1.54) is 0 Å². The zero-order chi connectivity index (χ0) is 28.2. The van der Waals surface area contributed by atoms with E-state index in [9.17, 15) is 75.0 Å². The third-order valence-corrected chi connectivity index (χ3v) is 4.36. The van der Waals surface area contributed by atoms with Gasteiger partial charge in [0.15, 0.2) is 0 Å². The molecule has 0 rings (SSSR count). The molecule has 21 heteroatoms. The van der Waals surface area contributed by atoms with Gasteiger partial charge in [0.1, 0.15) is 0 Å². The van der Waals surface area contributed by atoms with Crippen LogP contribution in [0.15, 0.2) is 0 Å². The number of rotatable bonds is 11. The normalized spacial score (nSPS) is 16.0. The summed E-state index contributed by atoms with van der Waals surface area (Å²) in [6.45, 7) is -2.86. The Balaban J connectivity index is 6.74. The summed E-state index contributed by atoms with van der Waals surface area (Å²) >= 11 is 3.38. The van der Waals surface area contributed by atoms with Crippen molar-refractivity contribution in [3.05, 3.63) is 0 Å². The van der Waals surface area contributed by atoms with E-state index in [4.69, 9.17) is 10.2 Å². The first-order valence-corrected chi connectivity index (χ1v) is 8.13. The minimum atomic E-state index is -8.69. The Hall–Kier alpha value is -1.44. The molecule has 0 saturated heterocycles. The molecule has 4 nitrogen and oxygen atoms in total. The third-order valence-electron chi connectivity index (χ3n) is 4.12. The van der Waals surface area contributed by atoms with Crippen molar-refractivity contribution in [2.24, 2.45) is 0 Å². The highest BCUT2D eigenvalue weighted by atomic mass is 35.5. The van der Waals surface area contributed by atoms with Crippen LogP contribution in [0.5, 0.6) is 0 Å². The van der Waals surface area contributed by atoms with Crippen molar-refractivity contribution >= 4 is 17.5 Å². The predicted octanol–water partition coefficient (Wildman–Crippen LogP) is 4.12. The first-order valence-electron chi connectivity index (χ1n) is 7.76. The van der Waals surface area contributed by atoms with Crippen LogP contribution in [0.2, 0.25) is 0 Å². The Morgan fingerprint density at radius 2 is 0.882 bits per heavy atom. The number of amides is 1. The lowest BCUT2D eigenvalue weighted by Crippen LogP contribution is -2.75. The van der Waals surface area contributed by atoms with Crippen LogP contribution in [-0.2, 0) is 4.79 Å². The lowest BCUT2D eigenvalue weighted by Gasteiger charge is -2.43. The van der Waals surface area contributed by atoms with E-state index in [2.05, 4.69) is 11.6 Å². The van der Waals surface area contributed by atoms with Gasteiger partial charge in [-0.1, -0.05) is 0 Å². The molecule has 0 aromatic rings. The van der Waals surface area contributed by atoms with Crippen LogP contribution in [-0.4, -0.2) is 81.7 Å². The number of carbonyl (C=O) groups excluding carboxylic acids is 1. The number of hydrogen-bond donors (Lipinski definition) is 3. The number of nitrogens with one attached hydrogen (secondary N) is 1. The number of halogens is 17. The summed E-state index contributed by atoms with van der Waals surface area (Å²) < 4.78 is 213. The zero-order valence-electron chi connectivity index (χ0n) is 15.6. The standard InChI is InChI=1S/C13H10ClF16NO3/c1-5(2-32,3-33)31-4(34)6(15,16)7(17,18)8(19,20)9(21,22)10(23,24)11(25,26)12(27,28)13(14,29)30/h32-33H,2-3H2,1H3,(H,31,34). The van der Waals surface area contributed by atoms with E-state index in [-0.39, 0.29) is 0 Å². The predicted molar refractivity (Wildman–Crippen MR) is 76.1 cm³/mol. The highest BCUT2D eigenvalue weighted by Gasteiger charge is 2.95. The number of alkyl halides is 17. The quantitative estimate of drug-likeness (QED) is 0.260. The van der Waals surface area contributed by atoms with Gasteiger partial charge >= 0.3 is 46.8 Å². The summed E-state index contributed by atoms with van der Waals surface area (Å²) in [4.78, 5) is 11.2. The summed E-state index contributed by atoms with van der Waals surface area (Å²) in [5.41, 5.74) is -2.76. The first-order chi connectivity index (χ1) is 14.5. The van der Waals surface area contributed by atoms with Crippen LogP contribution in [0.1, 0.15) is 6.92 Å². The van der Waals surface area contributed by atoms with E-state index < -0.39 is 71.5 Å². The molecule has 3 N–H and O–H groups in total. The highest BCUT2D eigenvalue weighted by molar-refractivity contribution is 6.22. The molecule has 204 valence electrons. The van der Waals surface area contributed by atoms with E-state index in [0.717, 1.165) is 0 Å². The molecule has 0 fully saturated rings. The second-order valence-electron chi connectivity index (χ2n) is 6.85. The lowest BCUT2D eigenvalue weighted by molar-refractivity contribution is -0.446. The maximum Gasteiger partial charge on any atom is 0.393 e. The summed E-state index contributed by atoms with van der Waals surface area (Å²) in [5.74, 6) is -61.3. The molecule has 0 aliphatic rings. The first kappa shape index (κ1) is 32.6. The number of hydrogen-bond acceptors (Lipinski definition) is 3. The molecule has 0 aromatic heterocycles. The average molecular weight is 568 g/mol. The average Bonchev–Trinajstić information content (AvgIpc) is 2.65. The van der Waals surface area contributed by atoms with Gasteiger partial charge in [-0.3, -0.25) is 4.79 Å². The summed E-state index contributed by atoms with van der Waals surface area (Å²) in [6.07, 6.45) is 0. The molecule has 0 unspecified atom stereocenters. The number of aliphatic hydroxyl groups excluding tert-OH is 2. The molecule has 0 aliphatic carbocycles. The molecular formula is C13H10ClF16NO3. The fourth-order valence-corrected chi connectivity index (χ4v) is 1.91. The molecule has 0 aromatic carbocycles. The number of aliphatic hydroxyl groups is 2. The minimum Gasteiger partial charge on any atom is -0.394 e. The van der Waals surface area contributed by atoms with E-state index >= 15 is 0 Å². The fourth-order valence-electron chi connectivity index (χ4n) is 1.79. The SMILES string of the molecule is CC(CO)(CO)NC(=O)C(F)(F)C(F)(F)C(F)(F)C(F)(F)C(F)(F)C(F)(F)C(F)(F)C(F)(F)Cl. The second kappa shape index (κ2) is 8.59. The Kier molecular flexibility index (Phi) is 8.23. The van der Waals surface area contributed by atoms with Crippen LogP contribution in [0.3, 0.4) is 0 Å². The van der Waals surface area contributed by atoms with Crippen molar-refractivity contribution in [1.29, 1.82) is 0 Å². The van der Waals surface area contributed by atoms with Gasteiger partial charge in [-0.15, -0.1) is 0 Å². The Morgan fingerprint density at radius 3 is 1.15 bits per heavy atom. The maximum atomic E-state index is 13.7. The van der Waals surface area contributed by atoms with Crippen molar-refractivity contribution in [3.8, 4) is 0 Å². The molecular weight excluding hydrogens is 558 g/mol. The van der Waals surface area contributed by atoms with Crippen LogP contribution in [0.4, 0.5) is 70.2 Å². The van der Waals surface area contributed by atoms with Crippen LogP contribution < -0.4 is 5.32 Å². The molecule has 0 heterocycles. The van der Waals surface area contributed by atoms with Crippen molar-refractivity contribution in [3.63, 3.8) is 0 Å². The molecule has 0 radical (unpaired) electrons. The van der Waals surface area contributed by atoms with Crippen LogP contribution >= 0.6 is 11.6 Å². The zero-order valence-corrected chi connectivity index (χ0v) is 16.4. The van der Waals surface area contributed by atoms with Gasteiger partial charge in [0.25, 0.3) is 5.91 Å². The molecule has 0 bridgehead atoms. The van der Waals surface area contributed by atoms with Gasteiger partial charge in [-0.05, 0) is 18.5 Å². The Bertz CT molecular complexity index is 762. The van der Waals surface area contributed by atoms with E-state index in [0.29, 0.717) is 12.2 Å². The van der Waals surface area contributed by atoms with Crippen LogP contribution in [0, 0.1) is 0 Å². The van der Waals surface area contributed by atoms with Gasteiger partial charge in [0.05, 0.1) is 18.8 Å². The Morgan fingerprint density at radius 1 is 0.618 bits per heavy atom. The fraction of sp³-hybridized carbons (Fsp3) is 0.923. The molecule has 0 atom stereocenters. The monoisotopic (exact) mass is 567 g/mol. The maximum absolute atomic E-state index is 13.7. The topological polar surface area (TPSA) is 69.6 Å². The third kappa shape index (κ3) is 4.33. The van der Waals surface area contributed by atoms with Gasteiger partial charge in [0.2, 0.25) is 0 Å². The molecule has 0 aliphatic heterocycles. The molecule has 0 saturated carbocycles. The number of carbonyl (C=O) groups is 1. The van der Waals surface area contributed by atoms with Crippen molar-refractivity contribution in [2.75, 3.05) is 13.2 Å². The van der Waals surface area contributed by atoms with Crippen LogP contribution in [0.25, 0.3) is 0 Å². The minimum absolute atomic E-state index is 0.370.